The van der Waals surface area contributed by atoms with Crippen LogP contribution in [0.15, 0.2) is 23.8 Å². The number of ether oxygens (including phenoxy) is 2. The maximum Gasteiger partial charge on any atom is 0.694 e. The second-order valence-corrected chi connectivity index (χ2v) is 12.8. The van der Waals surface area contributed by atoms with Gasteiger partial charge in [0.05, 0.1) is 24.8 Å². The summed E-state index contributed by atoms with van der Waals surface area (Å²) in [7, 11) is -7.81. The van der Waals surface area contributed by atoms with Gasteiger partial charge in [0.15, 0.2) is 41.5 Å². The number of hydrogen-bond acceptors (Lipinski definition) is 17. The Bertz CT molecular complexity index is 1850. The SMILES string of the molecule is Nc1nc2c(ncn2[C@@H]2C[C@H](CO[P+](=O)O)[C@H](O)[C@@H]2OP(=O)(O)CO[C@H]2O[C@@H](n3cnc4c(N)ncnc43)[C@@H](O)[C@H]2O)c(=O)[nH]1. The van der Waals surface area contributed by atoms with Crippen molar-refractivity contribution in [2.75, 3.05) is 24.4 Å². The van der Waals surface area contributed by atoms with Gasteiger partial charge in [0.25, 0.3) is 5.56 Å². The van der Waals surface area contributed by atoms with Gasteiger partial charge in [-0.15, -0.1) is 9.42 Å². The molecule has 24 heteroatoms. The molecule has 22 nitrogen and oxygen atoms in total. The molecule has 4 aromatic heterocycles. The van der Waals surface area contributed by atoms with Crippen molar-refractivity contribution >= 4 is 49.9 Å². The predicted octanol–water partition coefficient (Wildman–Crippen LogP) is -2.17. The minimum atomic E-state index is -4.79. The number of nitrogen functional groups attached to an aromatic ring is 2. The summed E-state index contributed by atoms with van der Waals surface area (Å²) in [6, 6.07) is -0.993. The van der Waals surface area contributed by atoms with E-state index >= 15 is 0 Å². The van der Waals surface area contributed by atoms with Gasteiger partial charge in [-0.05, 0) is 6.42 Å². The summed E-state index contributed by atoms with van der Waals surface area (Å²) in [4.78, 5) is 54.5. The summed E-state index contributed by atoms with van der Waals surface area (Å²) in [5.41, 5.74) is 11.1. The minimum Gasteiger partial charge on any atom is -0.390 e. The third kappa shape index (κ3) is 5.93. The van der Waals surface area contributed by atoms with E-state index in [9.17, 15) is 34.1 Å². The number of aromatic nitrogens is 8. The average Bonchev–Trinajstić information content (AvgIpc) is 3.73. The summed E-state index contributed by atoms with van der Waals surface area (Å²) in [5, 5.41) is 32.3. The second-order valence-electron chi connectivity index (χ2n) is 10.3. The zero-order chi connectivity index (χ0) is 32.2. The molecule has 0 aromatic carbocycles. The Balaban J connectivity index is 1.20. The van der Waals surface area contributed by atoms with Crippen molar-refractivity contribution in [3.8, 4) is 0 Å². The van der Waals surface area contributed by atoms with Crippen LogP contribution < -0.4 is 17.0 Å². The van der Waals surface area contributed by atoms with Crippen molar-refractivity contribution in [2.45, 2.75) is 49.4 Å². The van der Waals surface area contributed by atoms with E-state index in [1.807, 2.05) is 0 Å². The van der Waals surface area contributed by atoms with Crippen LogP contribution >= 0.6 is 15.9 Å². The molecule has 6 rings (SSSR count). The fourth-order valence-electron chi connectivity index (χ4n) is 5.44. The molecule has 1 saturated heterocycles. The normalized spacial score (nSPS) is 30.3. The fraction of sp³-hybridized carbons (Fsp3) is 0.524. The first-order valence-electron chi connectivity index (χ1n) is 13.1. The van der Waals surface area contributed by atoms with Crippen LogP contribution in [0.4, 0.5) is 11.8 Å². The minimum absolute atomic E-state index is 0.0116. The summed E-state index contributed by atoms with van der Waals surface area (Å²) >= 11 is 0. The summed E-state index contributed by atoms with van der Waals surface area (Å²) < 4.78 is 48.2. The van der Waals surface area contributed by atoms with Gasteiger partial charge in [0, 0.05) is 10.5 Å². The molecular formula is C21H27N10O12P2+. The standard InChI is InChI=1S/C21H26N10O12P2/c22-15-9-16(25-3-24-15)31(5-26-9)19-12(33)13(34)20(42-19)40-6-45(38,39)43-14-8(1-7(11(14)32)2-41-44(36)37)30-4-27-10-17(30)28-21(23)29-18(10)35/h3-5,7-8,11-14,19-20,32-34H,1-2,6H2,(H6-,22,23,24,25,28,29,35,36,37,38,39)/p+1/t7-,8-,11+,12+,13-,14-,19-,20+/m1/s1. The number of aliphatic hydroxyl groups excluding tert-OH is 3. The Hall–Kier alpha value is -3.53. The van der Waals surface area contributed by atoms with E-state index in [1.165, 1.54) is 28.1 Å². The Morgan fingerprint density at radius 2 is 1.80 bits per heavy atom. The van der Waals surface area contributed by atoms with Crippen LogP contribution in [-0.2, 0) is 27.7 Å². The number of aliphatic hydroxyl groups is 3. The molecule has 1 aliphatic heterocycles. The Morgan fingerprint density at radius 3 is 2.56 bits per heavy atom. The number of nitrogens with two attached hydrogens (primary N) is 2. The van der Waals surface area contributed by atoms with Crippen molar-refractivity contribution < 1.29 is 52.8 Å². The van der Waals surface area contributed by atoms with E-state index in [4.69, 9.17) is 34.9 Å². The van der Waals surface area contributed by atoms with Crippen molar-refractivity contribution in [1.29, 1.82) is 0 Å². The number of nitrogens with zero attached hydrogens (tertiary/aromatic N) is 7. The second kappa shape index (κ2) is 12.0. The highest BCUT2D eigenvalue weighted by Gasteiger charge is 2.50. The lowest BCUT2D eigenvalue weighted by Crippen LogP contribution is -2.34. The van der Waals surface area contributed by atoms with E-state index in [-0.39, 0.29) is 40.5 Å². The monoisotopic (exact) mass is 673 g/mol. The van der Waals surface area contributed by atoms with E-state index < -0.39 is 83.3 Å². The molecule has 2 unspecified atom stereocenters. The molecule has 1 saturated carbocycles. The molecule has 10 N–H and O–H groups in total. The number of imidazole rings is 2. The molecule has 0 spiro atoms. The summed E-state index contributed by atoms with van der Waals surface area (Å²) in [6.07, 6.45) is -6.64. The first kappa shape index (κ1) is 31.5. The molecule has 2 aliphatic rings. The molecule has 242 valence electrons. The topological polar surface area (TPSA) is 331 Å². The molecule has 4 aromatic rings. The van der Waals surface area contributed by atoms with Crippen LogP contribution in [0.2, 0.25) is 0 Å². The Labute approximate surface area is 251 Å². The first-order chi connectivity index (χ1) is 21.3. The number of fused-ring (bicyclic) bond motifs is 2. The van der Waals surface area contributed by atoms with Gasteiger partial charge in [-0.1, -0.05) is 0 Å². The van der Waals surface area contributed by atoms with E-state index in [1.54, 1.807) is 0 Å². The maximum atomic E-state index is 13.3. The van der Waals surface area contributed by atoms with Gasteiger partial charge in [-0.25, -0.2) is 19.9 Å². The molecule has 0 bridgehead atoms. The highest BCUT2D eigenvalue weighted by molar-refractivity contribution is 7.52. The highest BCUT2D eigenvalue weighted by atomic mass is 31.2. The van der Waals surface area contributed by atoms with Crippen molar-refractivity contribution in [3.05, 3.63) is 29.3 Å². The van der Waals surface area contributed by atoms with Crippen LogP contribution in [0, 0.1) is 5.92 Å². The number of nitrogens with one attached hydrogen (secondary N) is 1. The Kier molecular flexibility index (Phi) is 8.39. The number of H-pyrrole nitrogens is 1. The zero-order valence-electron chi connectivity index (χ0n) is 22.7. The third-order valence-electron chi connectivity index (χ3n) is 7.49. The zero-order valence-corrected chi connectivity index (χ0v) is 24.5. The van der Waals surface area contributed by atoms with Crippen LogP contribution in [0.25, 0.3) is 22.3 Å². The van der Waals surface area contributed by atoms with Gasteiger partial charge in [-0.2, -0.15) is 4.98 Å². The van der Waals surface area contributed by atoms with Gasteiger partial charge in [-0.3, -0.25) is 23.4 Å². The van der Waals surface area contributed by atoms with Crippen molar-refractivity contribution in [3.63, 3.8) is 0 Å². The van der Waals surface area contributed by atoms with Gasteiger partial charge >= 0.3 is 15.9 Å². The van der Waals surface area contributed by atoms with Crippen LogP contribution in [0.1, 0.15) is 18.7 Å². The fourth-order valence-corrected chi connectivity index (χ4v) is 6.80. The number of rotatable bonds is 10. The molecule has 10 atom stereocenters. The van der Waals surface area contributed by atoms with Crippen molar-refractivity contribution in [2.24, 2.45) is 5.92 Å². The lowest BCUT2D eigenvalue weighted by atomic mass is 10.1. The molecule has 0 radical (unpaired) electrons. The number of hydrogen-bond donors (Lipinski definition) is 8. The summed E-state index contributed by atoms with van der Waals surface area (Å²) in [6.45, 7) is -0.418. The molecule has 45 heavy (non-hydrogen) atoms. The largest absolute Gasteiger partial charge is 0.694 e. The number of aromatic amines is 1. The van der Waals surface area contributed by atoms with E-state index in [2.05, 4.69) is 29.9 Å². The van der Waals surface area contributed by atoms with Gasteiger partial charge < -0.3 is 45.7 Å². The van der Waals surface area contributed by atoms with Crippen LogP contribution in [-0.4, -0.2) is 108 Å². The quantitative estimate of drug-likeness (QED) is 0.0830. The molecule has 5 heterocycles. The molecule has 1 aliphatic carbocycles. The first-order valence-corrected chi connectivity index (χ1v) is 16.0. The highest BCUT2D eigenvalue weighted by Crippen LogP contribution is 2.51. The summed E-state index contributed by atoms with van der Waals surface area (Å²) in [5.74, 6) is -1.04. The lowest BCUT2D eigenvalue weighted by Gasteiger charge is -2.27. The Morgan fingerprint density at radius 1 is 1.07 bits per heavy atom. The molecular weight excluding hydrogens is 646 g/mol. The average molecular weight is 673 g/mol. The van der Waals surface area contributed by atoms with Crippen LogP contribution in [0.3, 0.4) is 0 Å². The molecule has 2 fully saturated rings. The lowest BCUT2D eigenvalue weighted by molar-refractivity contribution is -0.168. The third-order valence-corrected chi connectivity index (χ3v) is 8.91. The van der Waals surface area contributed by atoms with E-state index in [0.29, 0.717) is 0 Å². The van der Waals surface area contributed by atoms with E-state index in [0.717, 1.165) is 0 Å². The van der Waals surface area contributed by atoms with Crippen molar-refractivity contribution in [1.82, 2.24) is 39.0 Å². The smallest absolute Gasteiger partial charge is 0.390 e. The maximum absolute atomic E-state index is 13.3. The van der Waals surface area contributed by atoms with Gasteiger partial charge in [0.2, 0.25) is 5.95 Å². The molecule has 0 amide bonds. The van der Waals surface area contributed by atoms with Gasteiger partial charge in [0.1, 0.15) is 36.8 Å². The predicted molar refractivity (Wildman–Crippen MR) is 148 cm³/mol. The van der Waals surface area contributed by atoms with Crippen LogP contribution in [0.5, 0.6) is 0 Å². The number of anilines is 2.